The molecular formula is C23H24F2N2O2. The molecule has 152 valence electrons. The molecule has 2 aliphatic heterocycles. The summed E-state index contributed by atoms with van der Waals surface area (Å²) in [6.07, 6.45) is -0.127. The molecule has 2 fully saturated rings. The Balaban J connectivity index is 1.40. The molecule has 0 saturated carbocycles. The lowest BCUT2D eigenvalue weighted by Crippen LogP contribution is -2.38. The van der Waals surface area contributed by atoms with Crippen LogP contribution < -0.4 is 0 Å². The maximum absolute atomic E-state index is 13.3. The number of benzene rings is 2. The summed E-state index contributed by atoms with van der Waals surface area (Å²) in [5.41, 5.74) is 4.23. The predicted octanol–water partition coefficient (Wildman–Crippen LogP) is 3.89. The lowest BCUT2D eigenvalue weighted by atomic mass is 10.0. The third-order valence-electron chi connectivity index (χ3n) is 5.65. The summed E-state index contributed by atoms with van der Waals surface area (Å²) < 4.78 is 26.7. The Morgan fingerprint density at radius 3 is 2.24 bits per heavy atom. The molecule has 2 aromatic rings. The van der Waals surface area contributed by atoms with Crippen molar-refractivity contribution in [2.75, 3.05) is 19.6 Å². The van der Waals surface area contributed by atoms with E-state index in [1.54, 1.807) is 4.90 Å². The van der Waals surface area contributed by atoms with Crippen molar-refractivity contribution in [3.63, 3.8) is 0 Å². The maximum Gasteiger partial charge on any atom is 0.250 e. The number of carbonyl (C=O) groups excluding carboxylic acids is 2. The van der Waals surface area contributed by atoms with Gasteiger partial charge in [-0.25, -0.2) is 8.78 Å². The first kappa shape index (κ1) is 19.7. The molecule has 1 amide bonds. The number of ketones is 1. The van der Waals surface area contributed by atoms with Gasteiger partial charge in [0, 0.05) is 39.0 Å². The van der Waals surface area contributed by atoms with Crippen LogP contribution in [0.2, 0.25) is 0 Å². The molecule has 0 unspecified atom stereocenters. The number of Topliss-reactive ketones (excluding diaryl/α,β-unsaturated/α-hetero) is 1. The first-order valence-electron chi connectivity index (χ1n) is 9.96. The van der Waals surface area contributed by atoms with E-state index >= 15 is 0 Å². The quantitative estimate of drug-likeness (QED) is 0.718. The van der Waals surface area contributed by atoms with Crippen LogP contribution in [0.25, 0.3) is 11.1 Å². The van der Waals surface area contributed by atoms with Gasteiger partial charge in [-0.3, -0.25) is 14.5 Å². The van der Waals surface area contributed by atoms with Crippen LogP contribution in [0.3, 0.4) is 0 Å². The van der Waals surface area contributed by atoms with Crippen molar-refractivity contribution in [2.45, 2.75) is 38.3 Å². The van der Waals surface area contributed by atoms with Gasteiger partial charge in [0.2, 0.25) is 5.91 Å². The van der Waals surface area contributed by atoms with Crippen LogP contribution in [-0.2, 0) is 22.7 Å². The molecule has 4 nitrogen and oxygen atoms in total. The Morgan fingerprint density at radius 2 is 1.59 bits per heavy atom. The zero-order valence-electron chi connectivity index (χ0n) is 16.2. The van der Waals surface area contributed by atoms with Crippen molar-refractivity contribution in [3.8, 4) is 11.1 Å². The molecule has 0 radical (unpaired) electrons. The smallest absolute Gasteiger partial charge is 0.250 e. The first-order valence-corrected chi connectivity index (χ1v) is 9.96. The molecule has 0 aliphatic carbocycles. The fourth-order valence-corrected chi connectivity index (χ4v) is 3.95. The van der Waals surface area contributed by atoms with Crippen LogP contribution in [-0.4, -0.2) is 47.0 Å². The minimum atomic E-state index is -2.52. The minimum Gasteiger partial charge on any atom is -0.331 e. The zero-order chi connectivity index (χ0) is 20.4. The highest BCUT2D eigenvalue weighted by molar-refractivity contribution is 6.05. The molecule has 0 atom stereocenters. The van der Waals surface area contributed by atoms with Crippen molar-refractivity contribution in [1.29, 1.82) is 0 Å². The summed E-state index contributed by atoms with van der Waals surface area (Å²) in [6.45, 7) is 2.16. The SMILES string of the molecule is O=C1CC(=O)N(Cc2ccc(-c3cccc(CN4CCC(F)(F)CC4)c3)cc2)C1. The molecule has 2 aliphatic rings. The summed E-state index contributed by atoms with van der Waals surface area (Å²) in [7, 11) is 0. The number of halogens is 2. The largest absolute Gasteiger partial charge is 0.331 e. The Bertz CT molecular complexity index is 901. The van der Waals surface area contributed by atoms with Crippen LogP contribution in [0.4, 0.5) is 8.78 Å². The van der Waals surface area contributed by atoms with Gasteiger partial charge in [-0.05, 0) is 28.3 Å². The molecule has 29 heavy (non-hydrogen) atoms. The normalized spacial score (nSPS) is 19.7. The molecule has 0 aromatic heterocycles. The van der Waals surface area contributed by atoms with Gasteiger partial charge in [-0.15, -0.1) is 0 Å². The predicted molar refractivity (Wildman–Crippen MR) is 106 cm³/mol. The van der Waals surface area contributed by atoms with Gasteiger partial charge in [0.1, 0.15) is 0 Å². The van der Waals surface area contributed by atoms with Crippen molar-refractivity contribution in [1.82, 2.24) is 9.80 Å². The maximum atomic E-state index is 13.3. The summed E-state index contributed by atoms with van der Waals surface area (Å²) in [6, 6.07) is 16.1. The average Bonchev–Trinajstić information content (AvgIpc) is 3.01. The lowest BCUT2D eigenvalue weighted by molar-refractivity contribution is -0.128. The number of hydrogen-bond donors (Lipinski definition) is 0. The average molecular weight is 398 g/mol. The third kappa shape index (κ3) is 4.88. The van der Waals surface area contributed by atoms with Crippen LogP contribution in [0.5, 0.6) is 0 Å². The Morgan fingerprint density at radius 1 is 0.862 bits per heavy atom. The van der Waals surface area contributed by atoms with Crippen molar-refractivity contribution in [2.24, 2.45) is 0 Å². The molecule has 2 heterocycles. The van der Waals surface area contributed by atoms with Crippen LogP contribution in [0, 0.1) is 0 Å². The van der Waals surface area contributed by atoms with E-state index in [9.17, 15) is 18.4 Å². The van der Waals surface area contributed by atoms with Gasteiger partial charge >= 0.3 is 0 Å². The Kier molecular flexibility index (Phi) is 5.46. The molecule has 0 spiro atoms. The van der Waals surface area contributed by atoms with E-state index in [-0.39, 0.29) is 37.5 Å². The lowest BCUT2D eigenvalue weighted by Gasteiger charge is -2.31. The van der Waals surface area contributed by atoms with Crippen LogP contribution >= 0.6 is 0 Å². The Labute approximate surface area is 169 Å². The number of carbonyl (C=O) groups is 2. The van der Waals surface area contributed by atoms with Gasteiger partial charge in [0.05, 0.1) is 13.0 Å². The van der Waals surface area contributed by atoms with Crippen molar-refractivity contribution >= 4 is 11.7 Å². The number of piperidine rings is 1. The molecule has 2 saturated heterocycles. The van der Waals surface area contributed by atoms with Gasteiger partial charge in [0.15, 0.2) is 5.78 Å². The van der Waals surface area contributed by atoms with E-state index in [4.69, 9.17) is 0 Å². The number of nitrogens with zero attached hydrogens (tertiary/aromatic N) is 2. The first-order chi connectivity index (χ1) is 13.9. The van der Waals surface area contributed by atoms with E-state index in [0.717, 1.165) is 22.3 Å². The van der Waals surface area contributed by atoms with E-state index < -0.39 is 5.92 Å². The standard InChI is InChI=1S/C23H24F2N2O2/c24-23(25)8-10-26(11-9-23)14-18-2-1-3-20(12-18)19-6-4-17(5-7-19)15-27-16-21(28)13-22(27)29/h1-7,12H,8-11,13-16H2. The highest BCUT2D eigenvalue weighted by atomic mass is 19.3. The highest BCUT2D eigenvalue weighted by Crippen LogP contribution is 2.29. The third-order valence-corrected chi connectivity index (χ3v) is 5.65. The second kappa shape index (κ2) is 8.03. The molecule has 6 heteroatoms. The summed E-state index contributed by atoms with van der Waals surface area (Å²) >= 11 is 0. The Hall–Kier alpha value is -2.60. The van der Waals surface area contributed by atoms with E-state index in [0.29, 0.717) is 26.2 Å². The van der Waals surface area contributed by atoms with E-state index in [1.165, 1.54) is 0 Å². The summed E-state index contributed by atoms with van der Waals surface area (Å²) in [5.74, 6) is -2.66. The zero-order valence-corrected chi connectivity index (χ0v) is 16.2. The van der Waals surface area contributed by atoms with Crippen molar-refractivity contribution < 1.29 is 18.4 Å². The van der Waals surface area contributed by atoms with Crippen LogP contribution in [0.1, 0.15) is 30.4 Å². The van der Waals surface area contributed by atoms with E-state index in [2.05, 4.69) is 11.0 Å². The van der Waals surface area contributed by atoms with Gasteiger partial charge < -0.3 is 4.90 Å². The van der Waals surface area contributed by atoms with E-state index in [1.807, 2.05) is 42.5 Å². The number of amides is 1. The fraction of sp³-hybridized carbons (Fsp3) is 0.391. The second-order valence-electron chi connectivity index (χ2n) is 7.99. The molecule has 2 aromatic carbocycles. The van der Waals surface area contributed by atoms with Crippen molar-refractivity contribution in [3.05, 3.63) is 59.7 Å². The molecule has 0 N–H and O–H groups in total. The minimum absolute atomic E-state index is 0.0134. The number of likely N-dealkylation sites (tertiary alicyclic amines) is 2. The molecular weight excluding hydrogens is 374 g/mol. The number of hydrogen-bond acceptors (Lipinski definition) is 3. The molecule has 0 bridgehead atoms. The van der Waals surface area contributed by atoms with Gasteiger partial charge in [-0.1, -0.05) is 42.5 Å². The fourth-order valence-electron chi connectivity index (χ4n) is 3.95. The monoisotopic (exact) mass is 398 g/mol. The van der Waals surface area contributed by atoms with Crippen LogP contribution in [0.15, 0.2) is 48.5 Å². The highest BCUT2D eigenvalue weighted by Gasteiger charge is 2.33. The summed E-state index contributed by atoms with van der Waals surface area (Å²) in [5, 5.41) is 0. The van der Waals surface area contributed by atoms with Gasteiger partial charge in [0.25, 0.3) is 5.92 Å². The second-order valence-corrected chi connectivity index (χ2v) is 7.99. The van der Waals surface area contributed by atoms with Gasteiger partial charge in [-0.2, -0.15) is 0 Å². The number of rotatable bonds is 5. The number of alkyl halides is 2. The summed E-state index contributed by atoms with van der Waals surface area (Å²) in [4.78, 5) is 26.8. The topological polar surface area (TPSA) is 40.6 Å². The molecule has 4 rings (SSSR count).